The number of anilines is 1. The number of aryl methyl sites for hydroxylation is 5. The van der Waals surface area contributed by atoms with Crippen LogP contribution in [0.1, 0.15) is 35.4 Å². The average molecular weight is 456 g/mol. The molecule has 0 spiro atoms. The molecule has 1 N–H and O–H groups in total. The zero-order chi connectivity index (χ0) is 23.9. The van der Waals surface area contributed by atoms with Crippen molar-refractivity contribution in [2.45, 2.75) is 34.6 Å². The van der Waals surface area contributed by atoms with Gasteiger partial charge in [-0.15, -0.1) is 0 Å². The van der Waals surface area contributed by atoms with Gasteiger partial charge in [-0.1, -0.05) is 38.3 Å². The Bertz CT molecular complexity index is 1450. The van der Waals surface area contributed by atoms with E-state index in [9.17, 15) is 9.59 Å². The fraction of sp³-hybridized carbons (Fsp3) is 0.241. The highest BCUT2D eigenvalue weighted by atomic mass is 16.1. The number of benzene rings is 2. The van der Waals surface area contributed by atoms with Crippen LogP contribution in [0, 0.1) is 20.8 Å². The zero-order valence-corrected chi connectivity index (χ0v) is 19.8. The minimum absolute atomic E-state index is 0. The number of carbonyl (C=O) groups excluding carboxylic acids is 1. The summed E-state index contributed by atoms with van der Waals surface area (Å²) in [4.78, 5) is 24.9. The first kappa shape index (κ1) is 24.8. The fourth-order valence-corrected chi connectivity index (χ4v) is 4.49. The van der Waals surface area contributed by atoms with Crippen molar-refractivity contribution >= 4 is 22.5 Å². The molecule has 0 aliphatic rings. The molecular formula is C29H33N3O2. The van der Waals surface area contributed by atoms with Crippen molar-refractivity contribution in [3.05, 3.63) is 99.6 Å². The number of rotatable bonds is 5. The van der Waals surface area contributed by atoms with Crippen molar-refractivity contribution in [3.8, 4) is 11.1 Å². The molecule has 34 heavy (non-hydrogen) atoms. The molecule has 0 saturated heterocycles. The zero-order valence-electron chi connectivity index (χ0n) is 19.8. The summed E-state index contributed by atoms with van der Waals surface area (Å²) in [7, 11) is 3.76. The van der Waals surface area contributed by atoms with Crippen LogP contribution in [0.15, 0.2) is 66.1 Å². The third kappa shape index (κ3) is 4.34. The molecule has 0 fully saturated rings. The van der Waals surface area contributed by atoms with Crippen LogP contribution in [-0.4, -0.2) is 15.0 Å². The molecule has 2 heterocycles. The van der Waals surface area contributed by atoms with Crippen molar-refractivity contribution in [2.24, 2.45) is 14.1 Å². The molecule has 0 unspecified atom stereocenters. The lowest BCUT2D eigenvalue weighted by atomic mass is 9.90. The molecule has 0 radical (unpaired) electrons. The Labute approximate surface area is 201 Å². The van der Waals surface area contributed by atoms with Crippen LogP contribution in [0.25, 0.3) is 22.0 Å². The Morgan fingerprint density at radius 1 is 1.03 bits per heavy atom. The molecular weight excluding hydrogens is 422 g/mol. The van der Waals surface area contributed by atoms with Crippen LogP contribution in [0.5, 0.6) is 0 Å². The molecule has 5 nitrogen and oxygen atoms in total. The number of nitrogens with one attached hydrogen (secondary N) is 1. The summed E-state index contributed by atoms with van der Waals surface area (Å²) in [5, 5.41) is 3.57. The van der Waals surface area contributed by atoms with E-state index in [1.165, 1.54) is 22.8 Å². The quantitative estimate of drug-likeness (QED) is 0.386. The Morgan fingerprint density at radius 3 is 2.35 bits per heavy atom. The van der Waals surface area contributed by atoms with Crippen molar-refractivity contribution in [1.82, 2.24) is 9.13 Å². The van der Waals surface area contributed by atoms with Crippen LogP contribution in [0.3, 0.4) is 0 Å². The third-order valence-electron chi connectivity index (χ3n) is 6.47. The van der Waals surface area contributed by atoms with Gasteiger partial charge in [-0.2, -0.15) is 0 Å². The third-order valence-corrected chi connectivity index (χ3v) is 6.47. The second-order valence-electron chi connectivity index (χ2n) is 8.68. The number of carbonyl (C=O) groups is 1. The molecule has 2 aromatic carbocycles. The molecule has 2 aromatic heterocycles. The normalized spacial score (nSPS) is 10.7. The van der Waals surface area contributed by atoms with Crippen molar-refractivity contribution in [2.75, 3.05) is 5.32 Å². The summed E-state index contributed by atoms with van der Waals surface area (Å²) in [5.41, 5.74) is 9.41. The maximum absolute atomic E-state index is 12.9. The second kappa shape index (κ2) is 9.56. The van der Waals surface area contributed by atoms with E-state index in [2.05, 4.69) is 54.6 Å². The van der Waals surface area contributed by atoms with Gasteiger partial charge >= 0.3 is 0 Å². The van der Waals surface area contributed by atoms with Gasteiger partial charge in [0, 0.05) is 37.2 Å². The molecule has 176 valence electrons. The largest absolute Gasteiger partial charge is 0.347 e. The smallest absolute Gasteiger partial charge is 0.259 e. The lowest BCUT2D eigenvalue weighted by molar-refractivity contribution is -0.111. The first-order valence-corrected chi connectivity index (χ1v) is 11.0. The number of amides is 1. The van der Waals surface area contributed by atoms with E-state index in [4.69, 9.17) is 0 Å². The Morgan fingerprint density at radius 2 is 1.71 bits per heavy atom. The summed E-state index contributed by atoms with van der Waals surface area (Å²) >= 11 is 0. The molecule has 0 saturated carbocycles. The van der Waals surface area contributed by atoms with E-state index >= 15 is 0 Å². The Hall–Kier alpha value is -3.86. The number of nitrogens with zero attached hydrogens (tertiary/aromatic N) is 2. The maximum atomic E-state index is 12.9. The second-order valence-corrected chi connectivity index (χ2v) is 8.68. The lowest BCUT2D eigenvalue weighted by Crippen LogP contribution is -2.16. The summed E-state index contributed by atoms with van der Waals surface area (Å²) in [6.45, 7) is 9.82. The van der Waals surface area contributed by atoms with Gasteiger partial charge in [0.05, 0.1) is 10.9 Å². The highest BCUT2D eigenvalue weighted by Gasteiger charge is 2.18. The molecule has 0 bridgehead atoms. The first-order chi connectivity index (χ1) is 15.7. The summed E-state index contributed by atoms with van der Waals surface area (Å²) in [6.07, 6.45) is 3.90. The van der Waals surface area contributed by atoms with Gasteiger partial charge in [0.1, 0.15) is 0 Å². The monoisotopic (exact) mass is 455 g/mol. The van der Waals surface area contributed by atoms with Gasteiger partial charge in [0.25, 0.3) is 5.56 Å². The van der Waals surface area contributed by atoms with Crippen molar-refractivity contribution in [3.63, 3.8) is 0 Å². The van der Waals surface area contributed by atoms with Gasteiger partial charge in [0.15, 0.2) is 0 Å². The molecule has 4 rings (SSSR count). The van der Waals surface area contributed by atoms with E-state index in [0.29, 0.717) is 11.1 Å². The highest BCUT2D eigenvalue weighted by molar-refractivity contribution is 6.00. The number of aromatic nitrogens is 2. The van der Waals surface area contributed by atoms with E-state index in [1.54, 1.807) is 11.6 Å². The number of pyridine rings is 1. The Balaban J connectivity index is 0.00000324. The Kier molecular flexibility index (Phi) is 6.96. The topological polar surface area (TPSA) is 56.0 Å². The molecule has 5 heteroatoms. The highest BCUT2D eigenvalue weighted by Crippen LogP contribution is 2.34. The molecule has 4 aromatic rings. The van der Waals surface area contributed by atoms with Crippen LogP contribution in [0.4, 0.5) is 5.69 Å². The van der Waals surface area contributed by atoms with Gasteiger partial charge in [-0.3, -0.25) is 9.59 Å². The molecule has 0 aliphatic heterocycles. The van der Waals surface area contributed by atoms with Gasteiger partial charge in [0.2, 0.25) is 5.91 Å². The first-order valence-electron chi connectivity index (χ1n) is 11.0. The van der Waals surface area contributed by atoms with Gasteiger partial charge in [-0.25, -0.2) is 0 Å². The van der Waals surface area contributed by atoms with Gasteiger partial charge < -0.3 is 14.5 Å². The van der Waals surface area contributed by atoms with Gasteiger partial charge in [-0.05, 0) is 79.3 Å². The van der Waals surface area contributed by atoms with Crippen molar-refractivity contribution < 1.29 is 4.79 Å². The average Bonchev–Trinajstić information content (AvgIpc) is 3.09. The van der Waals surface area contributed by atoms with E-state index in [1.807, 2.05) is 38.4 Å². The number of hydrogen-bond acceptors (Lipinski definition) is 2. The van der Waals surface area contributed by atoms with E-state index in [0.717, 1.165) is 34.3 Å². The van der Waals surface area contributed by atoms with Crippen LogP contribution >= 0.6 is 0 Å². The van der Waals surface area contributed by atoms with E-state index < -0.39 is 0 Å². The van der Waals surface area contributed by atoms with Crippen LogP contribution in [-0.2, 0) is 25.3 Å². The maximum Gasteiger partial charge on any atom is 0.259 e. The molecule has 0 atom stereocenters. The lowest BCUT2D eigenvalue weighted by Gasteiger charge is -2.17. The minimum atomic E-state index is -0.260. The number of fused-ring (bicyclic) bond motifs is 1. The summed E-state index contributed by atoms with van der Waals surface area (Å²) in [5.74, 6) is -0.260. The molecule has 1 amide bonds. The molecule has 0 aliphatic carbocycles. The predicted molar refractivity (Wildman–Crippen MR) is 143 cm³/mol. The minimum Gasteiger partial charge on any atom is -0.347 e. The van der Waals surface area contributed by atoms with Crippen LogP contribution in [0.2, 0.25) is 0 Å². The summed E-state index contributed by atoms with van der Waals surface area (Å²) in [6, 6.07) is 14.3. The van der Waals surface area contributed by atoms with Crippen LogP contribution < -0.4 is 10.9 Å². The predicted octanol–water partition coefficient (Wildman–Crippen LogP) is 5.82. The number of hydrogen-bond donors (Lipinski definition) is 1. The fourth-order valence-electron chi connectivity index (χ4n) is 4.49. The summed E-state index contributed by atoms with van der Waals surface area (Å²) < 4.78 is 3.69. The SMILES string of the molecule is C.C=CC(=O)Nc1ccc(Cc2c(C)cccc2C)c(-c2cn(C)c(=O)c3cc(C)n(C)c23)c1. The van der Waals surface area contributed by atoms with Crippen molar-refractivity contribution in [1.29, 1.82) is 0 Å². The standard InChI is InChI=1S/C28H29N3O2.CH4/c1-7-26(32)29-21-12-11-20(14-22-17(2)9-8-10-18(22)3)23(15-21)25-16-30(5)28(33)24-13-19(4)31(6)27(24)25;/h7-13,15-16H,1,14H2,2-6H3,(H,29,32);1H4. The van der Waals surface area contributed by atoms with E-state index in [-0.39, 0.29) is 18.9 Å².